The van der Waals surface area contributed by atoms with Gasteiger partial charge in [0.1, 0.15) is 6.61 Å². The quantitative estimate of drug-likeness (QED) is 0.475. The highest BCUT2D eigenvalue weighted by Crippen LogP contribution is 2.28. The monoisotopic (exact) mass is 317 g/mol. The third-order valence-electron chi connectivity index (χ3n) is 3.11. The first-order chi connectivity index (χ1) is 9.32. The van der Waals surface area contributed by atoms with E-state index < -0.39 is 4.92 Å². The molecule has 2 N–H and O–H groups in total. The number of ether oxygens (including phenoxy) is 1. The van der Waals surface area contributed by atoms with Gasteiger partial charge in [-0.05, 0) is 33.8 Å². The van der Waals surface area contributed by atoms with Crippen molar-refractivity contribution in [2.75, 3.05) is 18.9 Å². The maximum Gasteiger partial charge on any atom is 0.311 e. The van der Waals surface area contributed by atoms with Crippen LogP contribution in [0.1, 0.15) is 27.7 Å². The summed E-state index contributed by atoms with van der Waals surface area (Å²) < 4.78 is 5.55. The Morgan fingerprint density at radius 1 is 1.29 bits per heavy atom. The molecule has 0 fully saturated rings. The van der Waals surface area contributed by atoms with Gasteiger partial charge in [0, 0.05) is 36.4 Å². The zero-order valence-corrected chi connectivity index (χ0v) is 13.7. The van der Waals surface area contributed by atoms with Crippen molar-refractivity contribution in [1.82, 2.24) is 4.90 Å². The van der Waals surface area contributed by atoms with Crippen LogP contribution in [-0.2, 0) is 0 Å². The van der Waals surface area contributed by atoms with Gasteiger partial charge in [-0.2, -0.15) is 0 Å². The first-order valence-corrected chi connectivity index (χ1v) is 6.75. The Kier molecular flexibility index (Phi) is 8.06. The van der Waals surface area contributed by atoms with Crippen molar-refractivity contribution in [3.05, 3.63) is 28.3 Å². The first kappa shape index (κ1) is 19.5. The summed E-state index contributed by atoms with van der Waals surface area (Å²) in [4.78, 5) is 12.7. The molecule has 1 aromatic carbocycles. The Morgan fingerprint density at radius 3 is 2.33 bits per heavy atom. The van der Waals surface area contributed by atoms with Crippen LogP contribution >= 0.6 is 12.4 Å². The number of anilines is 1. The van der Waals surface area contributed by atoms with E-state index in [1.807, 2.05) is 0 Å². The van der Waals surface area contributed by atoms with Gasteiger partial charge in [-0.3, -0.25) is 15.0 Å². The number of nitrogens with zero attached hydrogens (tertiary/aromatic N) is 2. The number of rotatable bonds is 7. The molecule has 0 aliphatic carbocycles. The van der Waals surface area contributed by atoms with Crippen LogP contribution in [0.3, 0.4) is 0 Å². The van der Waals surface area contributed by atoms with Crippen LogP contribution in [0.25, 0.3) is 0 Å². The zero-order valence-electron chi connectivity index (χ0n) is 12.9. The molecule has 0 spiro atoms. The van der Waals surface area contributed by atoms with Crippen LogP contribution in [0, 0.1) is 10.1 Å². The van der Waals surface area contributed by atoms with Gasteiger partial charge in [0.15, 0.2) is 5.75 Å². The van der Waals surface area contributed by atoms with E-state index in [9.17, 15) is 10.1 Å². The number of nitro benzene ring substituents is 1. The third-order valence-corrected chi connectivity index (χ3v) is 3.11. The lowest BCUT2D eigenvalue weighted by molar-refractivity contribution is -0.385. The predicted molar refractivity (Wildman–Crippen MR) is 87.2 cm³/mol. The largest absolute Gasteiger partial charge is 0.485 e. The van der Waals surface area contributed by atoms with Gasteiger partial charge in [-0.1, -0.05) is 0 Å². The molecule has 0 radical (unpaired) electrons. The predicted octanol–water partition coefficient (Wildman–Crippen LogP) is 3.10. The maximum atomic E-state index is 10.9. The van der Waals surface area contributed by atoms with Gasteiger partial charge in [-0.15, -0.1) is 12.4 Å². The minimum Gasteiger partial charge on any atom is -0.485 e. The highest BCUT2D eigenvalue weighted by Gasteiger charge is 2.17. The summed E-state index contributed by atoms with van der Waals surface area (Å²) in [5, 5.41) is 10.9. The molecule has 0 aliphatic heterocycles. The summed E-state index contributed by atoms with van der Waals surface area (Å²) in [6, 6.07) is 5.16. The summed E-state index contributed by atoms with van der Waals surface area (Å²) in [7, 11) is 0. The number of hydrogen-bond donors (Lipinski definition) is 1. The van der Waals surface area contributed by atoms with Gasteiger partial charge in [0.2, 0.25) is 0 Å². The number of nitrogens with two attached hydrogens (primary N) is 1. The highest BCUT2D eigenvalue weighted by molar-refractivity contribution is 5.85. The van der Waals surface area contributed by atoms with E-state index in [2.05, 4.69) is 32.6 Å². The molecule has 0 saturated heterocycles. The molecule has 0 amide bonds. The fraction of sp³-hybridized carbons (Fsp3) is 0.571. The molecule has 21 heavy (non-hydrogen) atoms. The van der Waals surface area contributed by atoms with Crippen LogP contribution < -0.4 is 10.5 Å². The number of nitro groups is 1. The molecule has 0 aromatic heterocycles. The topological polar surface area (TPSA) is 81.6 Å². The summed E-state index contributed by atoms with van der Waals surface area (Å²) >= 11 is 0. The van der Waals surface area contributed by atoms with Crippen molar-refractivity contribution in [2.24, 2.45) is 0 Å². The van der Waals surface area contributed by atoms with E-state index in [1.54, 1.807) is 0 Å². The minimum absolute atomic E-state index is 0. The van der Waals surface area contributed by atoms with Crippen molar-refractivity contribution < 1.29 is 9.66 Å². The van der Waals surface area contributed by atoms with Gasteiger partial charge in [-0.25, -0.2) is 0 Å². The molecular formula is C14H24ClN3O3. The van der Waals surface area contributed by atoms with Crippen LogP contribution in [0.5, 0.6) is 5.75 Å². The van der Waals surface area contributed by atoms with Crippen molar-refractivity contribution in [3.8, 4) is 5.75 Å². The van der Waals surface area contributed by atoms with E-state index in [-0.39, 0.29) is 23.8 Å². The molecule has 7 heteroatoms. The van der Waals surface area contributed by atoms with Gasteiger partial charge >= 0.3 is 5.69 Å². The fourth-order valence-electron chi connectivity index (χ4n) is 2.17. The Labute approximate surface area is 131 Å². The molecule has 0 saturated carbocycles. The average Bonchev–Trinajstić information content (AvgIpc) is 2.33. The Morgan fingerprint density at radius 2 is 1.86 bits per heavy atom. The Bertz CT molecular complexity index is 459. The molecule has 1 rings (SSSR count). The lowest BCUT2D eigenvalue weighted by Gasteiger charge is -2.30. The van der Waals surface area contributed by atoms with Crippen molar-refractivity contribution in [2.45, 2.75) is 39.8 Å². The summed E-state index contributed by atoms with van der Waals surface area (Å²) in [5.41, 5.74) is 6.04. The molecule has 6 nitrogen and oxygen atoms in total. The second kappa shape index (κ2) is 8.69. The van der Waals surface area contributed by atoms with Gasteiger partial charge < -0.3 is 10.5 Å². The normalized spacial score (nSPS) is 10.8. The summed E-state index contributed by atoms with van der Waals surface area (Å²) in [6.07, 6.45) is 0. The summed E-state index contributed by atoms with van der Waals surface area (Å²) in [6.45, 7) is 9.56. The van der Waals surface area contributed by atoms with Crippen LogP contribution in [0.15, 0.2) is 18.2 Å². The number of nitrogen functional groups attached to an aromatic ring is 1. The smallest absolute Gasteiger partial charge is 0.311 e. The van der Waals surface area contributed by atoms with E-state index in [4.69, 9.17) is 10.5 Å². The second-order valence-electron chi connectivity index (χ2n) is 5.26. The Hall–Kier alpha value is -1.53. The molecule has 120 valence electrons. The highest BCUT2D eigenvalue weighted by atomic mass is 35.5. The lowest BCUT2D eigenvalue weighted by Crippen LogP contribution is -2.39. The maximum absolute atomic E-state index is 10.9. The van der Waals surface area contributed by atoms with Crippen LogP contribution in [0.2, 0.25) is 0 Å². The molecular weight excluding hydrogens is 294 g/mol. The average molecular weight is 318 g/mol. The molecule has 0 bridgehead atoms. The fourth-order valence-corrected chi connectivity index (χ4v) is 2.17. The van der Waals surface area contributed by atoms with Gasteiger partial charge in [0.05, 0.1) is 4.92 Å². The lowest BCUT2D eigenvalue weighted by atomic mass is 10.2. The molecule has 0 atom stereocenters. The van der Waals surface area contributed by atoms with Crippen LogP contribution in [-0.4, -0.2) is 35.1 Å². The van der Waals surface area contributed by atoms with E-state index in [1.165, 1.54) is 18.2 Å². The van der Waals surface area contributed by atoms with Gasteiger partial charge in [0.25, 0.3) is 0 Å². The van der Waals surface area contributed by atoms with Crippen molar-refractivity contribution in [1.29, 1.82) is 0 Å². The van der Waals surface area contributed by atoms with E-state index >= 15 is 0 Å². The van der Waals surface area contributed by atoms with E-state index in [0.29, 0.717) is 30.9 Å². The Balaban J connectivity index is 0.00000400. The number of hydrogen-bond acceptors (Lipinski definition) is 5. The van der Waals surface area contributed by atoms with Crippen molar-refractivity contribution >= 4 is 23.8 Å². The zero-order chi connectivity index (χ0) is 15.3. The molecule has 0 aliphatic rings. The first-order valence-electron chi connectivity index (χ1n) is 6.75. The second-order valence-corrected chi connectivity index (χ2v) is 5.26. The standard InChI is InChI=1S/C14H23N3O3.ClH/c1-10(2)16(11(3)4)7-8-20-14-9-12(15)5-6-13(14)17(18)19;/h5-6,9-11H,7-8,15H2,1-4H3;1H. The van der Waals surface area contributed by atoms with Crippen molar-refractivity contribution in [3.63, 3.8) is 0 Å². The minimum atomic E-state index is -0.461. The number of benzene rings is 1. The SMILES string of the molecule is CC(C)N(CCOc1cc(N)ccc1[N+](=O)[O-])C(C)C.Cl. The number of halogens is 1. The third kappa shape index (κ3) is 5.77. The molecule has 0 unspecified atom stereocenters. The van der Waals surface area contributed by atoms with E-state index in [0.717, 1.165) is 0 Å². The molecule has 1 aromatic rings. The summed E-state index contributed by atoms with van der Waals surface area (Å²) in [5.74, 6) is 0.225. The van der Waals surface area contributed by atoms with Crippen LogP contribution in [0.4, 0.5) is 11.4 Å². The molecule has 0 heterocycles.